The Morgan fingerprint density at radius 2 is 1.78 bits per heavy atom. The van der Waals surface area contributed by atoms with Gasteiger partial charge in [-0.25, -0.2) is 10.8 Å². The highest BCUT2D eigenvalue weighted by Gasteiger charge is 2.12. The highest BCUT2D eigenvalue weighted by molar-refractivity contribution is 5.83. The van der Waals surface area contributed by atoms with Gasteiger partial charge in [-0.05, 0) is 28.8 Å². The molecule has 2 heterocycles. The summed E-state index contributed by atoms with van der Waals surface area (Å²) in [5.74, 6) is 6.25. The van der Waals surface area contributed by atoms with Crippen molar-refractivity contribution in [2.75, 3.05) is 16.9 Å². The van der Waals surface area contributed by atoms with Crippen molar-refractivity contribution in [3.8, 4) is 0 Å². The van der Waals surface area contributed by atoms with Crippen LogP contribution in [0.15, 0.2) is 60.8 Å². The van der Waals surface area contributed by atoms with Crippen LogP contribution in [-0.2, 0) is 13.0 Å². The third-order valence-corrected chi connectivity index (χ3v) is 4.56. The zero-order valence-electron chi connectivity index (χ0n) is 14.8. The van der Waals surface area contributed by atoms with E-state index < -0.39 is 0 Å². The fourth-order valence-electron chi connectivity index (χ4n) is 3.25. The molecule has 7 N–H and O–H groups in total. The lowest BCUT2D eigenvalue weighted by atomic mass is 10.0. The first-order chi connectivity index (χ1) is 13.1. The molecule has 0 saturated carbocycles. The number of aromatic nitrogens is 3. The van der Waals surface area contributed by atoms with Crippen LogP contribution in [0.2, 0.25) is 0 Å². The Hall–Kier alpha value is -3.58. The average molecular weight is 359 g/mol. The Morgan fingerprint density at radius 1 is 0.963 bits per heavy atom. The second kappa shape index (κ2) is 6.97. The monoisotopic (exact) mass is 359 g/mol. The molecule has 7 heteroatoms. The number of hydrogen-bond acceptors (Lipinski definition) is 6. The maximum absolute atomic E-state index is 6.18. The molecule has 27 heavy (non-hydrogen) atoms. The summed E-state index contributed by atoms with van der Waals surface area (Å²) < 4.78 is 1.96. The van der Waals surface area contributed by atoms with Gasteiger partial charge in [-0.2, -0.15) is 5.10 Å². The first kappa shape index (κ1) is 16.9. The normalized spacial score (nSPS) is 11.0. The molecule has 0 spiro atoms. The van der Waals surface area contributed by atoms with Gasteiger partial charge >= 0.3 is 0 Å². The van der Waals surface area contributed by atoms with Crippen molar-refractivity contribution in [3.63, 3.8) is 0 Å². The summed E-state index contributed by atoms with van der Waals surface area (Å²) in [4.78, 5) is 4.11. The Balaban J connectivity index is 1.70. The van der Waals surface area contributed by atoms with Gasteiger partial charge in [0.1, 0.15) is 5.82 Å². The van der Waals surface area contributed by atoms with Crippen LogP contribution < -0.4 is 22.7 Å². The fraction of sp³-hybridized carbons (Fsp3) is 0.100. The van der Waals surface area contributed by atoms with E-state index in [4.69, 9.17) is 22.4 Å². The van der Waals surface area contributed by atoms with Gasteiger partial charge < -0.3 is 16.9 Å². The second-order valence-electron chi connectivity index (χ2n) is 6.45. The molecule has 0 fully saturated rings. The number of anilines is 3. The van der Waals surface area contributed by atoms with Gasteiger partial charge in [0.05, 0.1) is 17.7 Å². The van der Waals surface area contributed by atoms with Gasteiger partial charge in [0.15, 0.2) is 5.82 Å². The lowest BCUT2D eigenvalue weighted by Gasteiger charge is -2.11. The standard InChI is InChI=1S/C20H21N7/c21-18-10-15(19(22)20(24-18)25-23)9-14-7-4-8-17-16(14)12-27(26-17)11-13-5-2-1-3-6-13/h1-8,10,12H,9,11,22-23H2,(H3,21,24,25). The molecular weight excluding hydrogens is 338 g/mol. The van der Waals surface area contributed by atoms with Crippen LogP contribution in [0.4, 0.5) is 17.3 Å². The average Bonchev–Trinajstić information content (AvgIpc) is 3.08. The van der Waals surface area contributed by atoms with Crippen molar-refractivity contribution in [3.05, 3.63) is 77.5 Å². The largest absolute Gasteiger partial charge is 0.395 e. The molecule has 2 aromatic heterocycles. The number of hydrogen-bond donors (Lipinski definition) is 4. The highest BCUT2D eigenvalue weighted by Crippen LogP contribution is 2.27. The lowest BCUT2D eigenvalue weighted by Crippen LogP contribution is -2.13. The Kier molecular flexibility index (Phi) is 4.35. The van der Waals surface area contributed by atoms with E-state index in [0.717, 1.165) is 28.6 Å². The molecule has 0 atom stereocenters. The van der Waals surface area contributed by atoms with E-state index in [-0.39, 0.29) is 0 Å². The van der Waals surface area contributed by atoms with E-state index in [9.17, 15) is 0 Å². The highest BCUT2D eigenvalue weighted by atomic mass is 15.3. The molecule has 4 aromatic rings. The van der Waals surface area contributed by atoms with Crippen LogP contribution >= 0.6 is 0 Å². The topological polar surface area (TPSA) is 121 Å². The minimum Gasteiger partial charge on any atom is -0.395 e. The van der Waals surface area contributed by atoms with Crippen LogP contribution in [0.5, 0.6) is 0 Å². The van der Waals surface area contributed by atoms with Crippen molar-refractivity contribution in [1.82, 2.24) is 14.8 Å². The number of nitrogen functional groups attached to an aromatic ring is 3. The molecule has 0 aliphatic carbocycles. The van der Waals surface area contributed by atoms with E-state index in [1.807, 2.05) is 35.0 Å². The zero-order chi connectivity index (χ0) is 18.8. The molecule has 0 unspecified atom stereocenters. The van der Waals surface area contributed by atoms with Crippen LogP contribution in [0.3, 0.4) is 0 Å². The number of fused-ring (bicyclic) bond motifs is 1. The molecule has 0 amide bonds. The molecule has 7 nitrogen and oxygen atoms in total. The minimum absolute atomic E-state index is 0.374. The summed E-state index contributed by atoms with van der Waals surface area (Å²) in [6.45, 7) is 0.723. The van der Waals surface area contributed by atoms with E-state index in [0.29, 0.717) is 23.7 Å². The van der Waals surface area contributed by atoms with Gasteiger partial charge in [-0.3, -0.25) is 4.68 Å². The number of hydrazine groups is 1. The smallest absolute Gasteiger partial charge is 0.165 e. The molecule has 0 bridgehead atoms. The summed E-state index contributed by atoms with van der Waals surface area (Å²) in [7, 11) is 0. The fourth-order valence-corrected chi connectivity index (χ4v) is 3.25. The first-order valence-electron chi connectivity index (χ1n) is 8.64. The molecular formula is C20H21N7. The zero-order valence-corrected chi connectivity index (χ0v) is 14.8. The minimum atomic E-state index is 0.374. The number of nitrogens with two attached hydrogens (primary N) is 3. The van der Waals surface area contributed by atoms with Crippen LogP contribution in [0.1, 0.15) is 16.7 Å². The SMILES string of the molecule is NNc1nc(N)cc(Cc2cccc3nn(Cc4ccccc4)cc23)c1N. The van der Waals surface area contributed by atoms with Gasteiger partial charge in [0.25, 0.3) is 0 Å². The van der Waals surface area contributed by atoms with Crippen LogP contribution in [0.25, 0.3) is 10.9 Å². The predicted molar refractivity (Wildman–Crippen MR) is 109 cm³/mol. The van der Waals surface area contributed by atoms with E-state index in [2.05, 4.69) is 34.8 Å². The molecule has 0 aliphatic heterocycles. The summed E-state index contributed by atoms with van der Waals surface area (Å²) >= 11 is 0. The third-order valence-electron chi connectivity index (χ3n) is 4.56. The van der Waals surface area contributed by atoms with Crippen molar-refractivity contribution < 1.29 is 0 Å². The van der Waals surface area contributed by atoms with Gasteiger partial charge in [0, 0.05) is 18.0 Å². The summed E-state index contributed by atoms with van der Waals surface area (Å²) in [6, 6.07) is 18.1. The van der Waals surface area contributed by atoms with Crippen molar-refractivity contribution in [2.45, 2.75) is 13.0 Å². The summed E-state index contributed by atoms with van der Waals surface area (Å²) in [6.07, 6.45) is 2.68. The van der Waals surface area contributed by atoms with Gasteiger partial charge in [-0.1, -0.05) is 42.5 Å². The molecule has 4 rings (SSSR count). The van der Waals surface area contributed by atoms with Gasteiger partial charge in [-0.15, -0.1) is 0 Å². The predicted octanol–water partition coefficient (Wildman–Crippen LogP) is 2.52. The number of benzene rings is 2. The molecule has 0 aliphatic rings. The van der Waals surface area contributed by atoms with E-state index in [1.54, 1.807) is 6.07 Å². The molecule has 2 aromatic carbocycles. The maximum atomic E-state index is 6.18. The molecule has 136 valence electrons. The summed E-state index contributed by atoms with van der Waals surface area (Å²) in [5, 5.41) is 5.79. The van der Waals surface area contributed by atoms with Crippen molar-refractivity contribution in [2.24, 2.45) is 5.84 Å². The second-order valence-corrected chi connectivity index (χ2v) is 6.45. The maximum Gasteiger partial charge on any atom is 0.165 e. The van der Waals surface area contributed by atoms with Crippen molar-refractivity contribution >= 4 is 28.2 Å². The van der Waals surface area contributed by atoms with E-state index in [1.165, 1.54) is 5.56 Å². The molecule has 0 radical (unpaired) electrons. The number of nitrogens with one attached hydrogen (secondary N) is 1. The van der Waals surface area contributed by atoms with Gasteiger partial charge in [0.2, 0.25) is 0 Å². The quantitative estimate of drug-likeness (QED) is 0.321. The summed E-state index contributed by atoms with van der Waals surface area (Å²) in [5.41, 5.74) is 19.2. The third kappa shape index (κ3) is 3.40. The van der Waals surface area contributed by atoms with Crippen LogP contribution in [-0.4, -0.2) is 14.8 Å². The lowest BCUT2D eigenvalue weighted by molar-refractivity contribution is 0.696. The van der Waals surface area contributed by atoms with E-state index >= 15 is 0 Å². The first-order valence-corrected chi connectivity index (χ1v) is 8.64. The number of nitrogens with zero attached hydrogens (tertiary/aromatic N) is 3. The van der Waals surface area contributed by atoms with Crippen LogP contribution in [0, 0.1) is 0 Å². The number of rotatable bonds is 5. The Bertz CT molecular complexity index is 1090. The molecule has 0 saturated heterocycles. The number of pyridine rings is 1. The Labute approximate surface area is 156 Å². The Morgan fingerprint density at radius 3 is 2.56 bits per heavy atom. The van der Waals surface area contributed by atoms with Crippen molar-refractivity contribution in [1.29, 1.82) is 0 Å².